The normalized spacial score (nSPS) is 17.4. The van der Waals surface area contributed by atoms with E-state index in [2.05, 4.69) is 0 Å². The SMILES string of the molecule is CCCOc1cccc(N2C(=O)C(=O)/C(=C(\O)c3cccc(OC(C)C)c3)C2c2ccco2)c1. The largest absolute Gasteiger partial charge is 0.507 e. The lowest BCUT2D eigenvalue weighted by Crippen LogP contribution is -2.29. The molecule has 7 nitrogen and oxygen atoms in total. The molecule has 3 aromatic rings. The van der Waals surface area contributed by atoms with Crippen LogP contribution in [0.3, 0.4) is 0 Å². The summed E-state index contributed by atoms with van der Waals surface area (Å²) >= 11 is 0. The van der Waals surface area contributed by atoms with Gasteiger partial charge in [0.15, 0.2) is 0 Å². The molecule has 1 fully saturated rings. The third-order valence-electron chi connectivity index (χ3n) is 5.31. The van der Waals surface area contributed by atoms with Crippen molar-refractivity contribution in [2.45, 2.75) is 39.3 Å². The van der Waals surface area contributed by atoms with E-state index in [-0.39, 0.29) is 17.4 Å². The van der Waals surface area contributed by atoms with Gasteiger partial charge >= 0.3 is 0 Å². The maximum Gasteiger partial charge on any atom is 0.300 e. The maximum atomic E-state index is 13.2. The lowest BCUT2D eigenvalue weighted by molar-refractivity contribution is -0.132. The molecule has 0 spiro atoms. The molecule has 0 aliphatic carbocycles. The summed E-state index contributed by atoms with van der Waals surface area (Å²) in [5.74, 6) is -0.370. The van der Waals surface area contributed by atoms with Crippen LogP contribution < -0.4 is 14.4 Å². The number of ketones is 1. The average molecular weight is 462 g/mol. The van der Waals surface area contributed by atoms with Gasteiger partial charge in [-0.05, 0) is 56.7 Å². The van der Waals surface area contributed by atoms with Crippen molar-refractivity contribution in [2.24, 2.45) is 0 Å². The number of nitrogens with zero attached hydrogens (tertiary/aromatic N) is 1. The van der Waals surface area contributed by atoms with Gasteiger partial charge < -0.3 is 19.0 Å². The third-order valence-corrected chi connectivity index (χ3v) is 5.31. The van der Waals surface area contributed by atoms with E-state index in [0.29, 0.717) is 35.1 Å². The van der Waals surface area contributed by atoms with Gasteiger partial charge in [0.25, 0.3) is 11.7 Å². The Morgan fingerprint density at radius 1 is 1.06 bits per heavy atom. The number of anilines is 1. The van der Waals surface area contributed by atoms with E-state index in [9.17, 15) is 14.7 Å². The summed E-state index contributed by atoms with van der Waals surface area (Å²) < 4.78 is 17.0. The van der Waals surface area contributed by atoms with Crippen LogP contribution in [0.4, 0.5) is 5.69 Å². The quantitative estimate of drug-likeness (QED) is 0.271. The highest BCUT2D eigenvalue weighted by atomic mass is 16.5. The molecule has 1 saturated heterocycles. The molecule has 4 rings (SSSR count). The number of hydrogen-bond donors (Lipinski definition) is 1. The summed E-state index contributed by atoms with van der Waals surface area (Å²) in [6, 6.07) is 16.2. The number of amides is 1. The molecule has 1 amide bonds. The van der Waals surface area contributed by atoms with Crippen molar-refractivity contribution in [2.75, 3.05) is 11.5 Å². The Labute approximate surface area is 198 Å². The van der Waals surface area contributed by atoms with Gasteiger partial charge in [0.1, 0.15) is 29.1 Å². The molecule has 1 unspecified atom stereocenters. The highest BCUT2D eigenvalue weighted by Crippen LogP contribution is 2.43. The number of rotatable bonds is 8. The van der Waals surface area contributed by atoms with Crippen molar-refractivity contribution in [1.82, 2.24) is 0 Å². The highest BCUT2D eigenvalue weighted by Gasteiger charge is 2.48. The van der Waals surface area contributed by atoms with Crippen molar-refractivity contribution in [1.29, 1.82) is 0 Å². The summed E-state index contributed by atoms with van der Waals surface area (Å²) in [5.41, 5.74) is 0.780. The second-order valence-corrected chi connectivity index (χ2v) is 8.22. The van der Waals surface area contributed by atoms with E-state index in [1.54, 1.807) is 60.7 Å². The van der Waals surface area contributed by atoms with Gasteiger partial charge in [-0.3, -0.25) is 14.5 Å². The first-order chi connectivity index (χ1) is 16.4. The molecule has 0 bridgehead atoms. The minimum absolute atomic E-state index is 0.0541. The van der Waals surface area contributed by atoms with Crippen LogP contribution in [0.15, 0.2) is 76.9 Å². The fourth-order valence-corrected chi connectivity index (χ4v) is 3.90. The summed E-state index contributed by atoms with van der Waals surface area (Å²) in [4.78, 5) is 27.8. The maximum absolute atomic E-state index is 13.2. The Balaban J connectivity index is 1.83. The lowest BCUT2D eigenvalue weighted by Gasteiger charge is -2.24. The molecule has 7 heteroatoms. The second kappa shape index (κ2) is 9.87. The number of aliphatic hydroxyl groups excluding tert-OH is 1. The number of carbonyl (C=O) groups is 2. The van der Waals surface area contributed by atoms with Crippen LogP contribution in [0, 0.1) is 0 Å². The lowest BCUT2D eigenvalue weighted by atomic mass is 9.99. The van der Waals surface area contributed by atoms with Gasteiger partial charge in [0, 0.05) is 17.3 Å². The molecule has 2 heterocycles. The molecule has 34 heavy (non-hydrogen) atoms. The Morgan fingerprint density at radius 2 is 1.82 bits per heavy atom. The van der Waals surface area contributed by atoms with Crippen molar-refractivity contribution < 1.29 is 28.6 Å². The molecule has 1 aliphatic heterocycles. The van der Waals surface area contributed by atoms with E-state index in [1.807, 2.05) is 20.8 Å². The molecule has 1 N–H and O–H groups in total. The molecule has 176 valence electrons. The van der Waals surface area contributed by atoms with E-state index >= 15 is 0 Å². The summed E-state index contributed by atoms with van der Waals surface area (Å²) in [6.07, 6.45) is 2.24. The van der Waals surface area contributed by atoms with Gasteiger partial charge in [0.2, 0.25) is 0 Å². The minimum atomic E-state index is -0.939. The predicted octanol–water partition coefficient (Wildman–Crippen LogP) is 5.48. The van der Waals surface area contributed by atoms with Crippen LogP contribution in [0.25, 0.3) is 5.76 Å². The Hall–Kier alpha value is -4.00. The zero-order valence-corrected chi connectivity index (χ0v) is 19.4. The molecule has 2 aromatic carbocycles. The molecular weight excluding hydrogens is 434 g/mol. The number of benzene rings is 2. The van der Waals surface area contributed by atoms with Crippen molar-refractivity contribution in [3.63, 3.8) is 0 Å². The van der Waals surface area contributed by atoms with Gasteiger partial charge in [-0.15, -0.1) is 0 Å². The van der Waals surface area contributed by atoms with Gasteiger partial charge in [-0.1, -0.05) is 25.1 Å². The van der Waals surface area contributed by atoms with Crippen LogP contribution in [-0.4, -0.2) is 29.5 Å². The van der Waals surface area contributed by atoms with Crippen LogP contribution in [0.2, 0.25) is 0 Å². The molecule has 1 aromatic heterocycles. The smallest absolute Gasteiger partial charge is 0.300 e. The van der Waals surface area contributed by atoms with Crippen LogP contribution >= 0.6 is 0 Å². The zero-order valence-electron chi connectivity index (χ0n) is 19.4. The van der Waals surface area contributed by atoms with E-state index in [0.717, 1.165) is 6.42 Å². The molecule has 0 saturated carbocycles. The number of hydrogen-bond acceptors (Lipinski definition) is 6. The standard InChI is InChI=1S/C27H27NO6/c1-4-13-32-20-10-6-9-19(16-20)28-24(22-12-7-14-33-22)23(26(30)27(28)31)25(29)18-8-5-11-21(15-18)34-17(2)3/h5-12,14-17,24,29H,4,13H2,1-3H3/b25-23-. The van der Waals surface area contributed by atoms with Crippen LogP contribution in [0.5, 0.6) is 11.5 Å². The zero-order chi connectivity index (χ0) is 24.2. The Kier molecular flexibility index (Phi) is 6.72. The van der Waals surface area contributed by atoms with Crippen molar-refractivity contribution in [3.8, 4) is 11.5 Å². The first-order valence-electron chi connectivity index (χ1n) is 11.2. The minimum Gasteiger partial charge on any atom is -0.507 e. The molecule has 1 aliphatic rings. The van der Waals surface area contributed by atoms with Crippen LogP contribution in [-0.2, 0) is 9.59 Å². The summed E-state index contributed by atoms with van der Waals surface area (Å²) in [5, 5.41) is 11.2. The van der Waals surface area contributed by atoms with E-state index < -0.39 is 17.7 Å². The first kappa shape index (κ1) is 23.2. The van der Waals surface area contributed by atoms with Gasteiger partial charge in [0.05, 0.1) is 24.5 Å². The Morgan fingerprint density at radius 3 is 2.53 bits per heavy atom. The highest BCUT2D eigenvalue weighted by molar-refractivity contribution is 6.51. The number of carbonyl (C=O) groups excluding carboxylic acids is 2. The molecular formula is C27H27NO6. The van der Waals surface area contributed by atoms with E-state index in [1.165, 1.54) is 11.2 Å². The van der Waals surface area contributed by atoms with E-state index in [4.69, 9.17) is 13.9 Å². The number of ether oxygens (including phenoxy) is 2. The molecule has 0 radical (unpaired) electrons. The second-order valence-electron chi connectivity index (χ2n) is 8.22. The fraction of sp³-hybridized carbons (Fsp3) is 0.259. The number of furan rings is 1. The van der Waals surface area contributed by atoms with Crippen molar-refractivity contribution in [3.05, 3.63) is 83.8 Å². The average Bonchev–Trinajstić information content (AvgIpc) is 3.44. The van der Waals surface area contributed by atoms with Gasteiger partial charge in [-0.2, -0.15) is 0 Å². The van der Waals surface area contributed by atoms with Crippen LogP contribution in [0.1, 0.15) is 44.6 Å². The first-order valence-corrected chi connectivity index (χ1v) is 11.2. The number of aliphatic hydroxyl groups is 1. The number of Topliss-reactive ketones (excluding diaryl/α,β-unsaturated/α-hetero) is 1. The predicted molar refractivity (Wildman–Crippen MR) is 128 cm³/mol. The Bertz CT molecular complexity index is 1210. The summed E-state index contributed by atoms with van der Waals surface area (Å²) in [6.45, 7) is 6.32. The fourth-order valence-electron chi connectivity index (χ4n) is 3.90. The van der Waals surface area contributed by atoms with Crippen molar-refractivity contribution >= 4 is 23.1 Å². The molecule has 1 atom stereocenters. The summed E-state index contributed by atoms with van der Waals surface area (Å²) in [7, 11) is 0. The third kappa shape index (κ3) is 4.55. The monoisotopic (exact) mass is 461 g/mol. The topological polar surface area (TPSA) is 89.2 Å². The van der Waals surface area contributed by atoms with Gasteiger partial charge in [-0.25, -0.2) is 0 Å².